The normalized spacial score (nSPS) is 10.3. The Hall–Kier alpha value is -1.34. The lowest BCUT2D eigenvalue weighted by molar-refractivity contribution is 0.102. The number of aryl methyl sites for hydroxylation is 1. The number of anilines is 1. The minimum Gasteiger partial charge on any atom is -0.507 e. The molecular weight excluding hydrogens is 379 g/mol. The van der Waals surface area contributed by atoms with Gasteiger partial charge in [-0.1, -0.05) is 11.6 Å². The average molecular weight is 389 g/mol. The molecule has 19 heavy (non-hydrogen) atoms. The molecule has 4 nitrogen and oxygen atoms in total. The summed E-state index contributed by atoms with van der Waals surface area (Å²) in [5, 5.41) is 12.7. The lowest BCUT2D eigenvalue weighted by Gasteiger charge is -2.08. The third kappa shape index (κ3) is 3.36. The van der Waals surface area contributed by atoms with E-state index in [1.807, 2.05) is 22.6 Å². The summed E-state index contributed by atoms with van der Waals surface area (Å²) in [6.07, 6.45) is 0. The van der Waals surface area contributed by atoms with Crippen LogP contribution in [-0.4, -0.2) is 16.0 Å². The van der Waals surface area contributed by atoms with E-state index >= 15 is 0 Å². The highest BCUT2D eigenvalue weighted by molar-refractivity contribution is 14.1. The minimum atomic E-state index is -0.307. The second kappa shape index (κ2) is 5.75. The first-order valence-electron chi connectivity index (χ1n) is 5.40. The number of hydrogen-bond donors (Lipinski definition) is 2. The maximum absolute atomic E-state index is 12.0. The number of carbonyl (C=O) groups excluding carboxylic acids is 1. The topological polar surface area (TPSA) is 62.2 Å². The number of phenolic OH excluding ortho intramolecular Hbond substituents is 1. The molecule has 0 saturated carbocycles. The summed E-state index contributed by atoms with van der Waals surface area (Å²) in [5.74, 6) is -0.224. The van der Waals surface area contributed by atoms with Crippen molar-refractivity contribution < 1.29 is 9.90 Å². The van der Waals surface area contributed by atoms with E-state index in [0.29, 0.717) is 25.7 Å². The van der Waals surface area contributed by atoms with Gasteiger partial charge in [-0.25, -0.2) is 4.98 Å². The van der Waals surface area contributed by atoms with Gasteiger partial charge in [0.1, 0.15) is 10.9 Å². The van der Waals surface area contributed by atoms with E-state index in [9.17, 15) is 9.90 Å². The van der Waals surface area contributed by atoms with E-state index in [2.05, 4.69) is 10.3 Å². The van der Waals surface area contributed by atoms with Crippen LogP contribution in [-0.2, 0) is 0 Å². The SMILES string of the molecule is Cc1nc(Cl)ccc1NC(=O)c1ccc(I)c(O)c1. The van der Waals surface area contributed by atoms with Crippen LogP contribution >= 0.6 is 34.2 Å². The van der Waals surface area contributed by atoms with E-state index in [1.165, 1.54) is 6.07 Å². The van der Waals surface area contributed by atoms with Gasteiger partial charge >= 0.3 is 0 Å². The Labute approximate surface area is 129 Å². The third-order valence-corrected chi connectivity index (χ3v) is 3.63. The Morgan fingerprint density at radius 1 is 1.37 bits per heavy atom. The van der Waals surface area contributed by atoms with Gasteiger partial charge in [0.25, 0.3) is 5.91 Å². The van der Waals surface area contributed by atoms with Gasteiger partial charge in [-0.05, 0) is 59.8 Å². The Balaban J connectivity index is 2.23. The van der Waals surface area contributed by atoms with Crippen molar-refractivity contribution in [3.8, 4) is 5.75 Å². The predicted molar refractivity (Wildman–Crippen MR) is 82.8 cm³/mol. The number of pyridine rings is 1. The van der Waals surface area contributed by atoms with E-state index in [4.69, 9.17) is 11.6 Å². The molecule has 1 amide bonds. The second-order valence-electron chi connectivity index (χ2n) is 3.89. The molecule has 2 rings (SSSR count). The molecule has 1 heterocycles. The van der Waals surface area contributed by atoms with E-state index < -0.39 is 0 Å². The Kier molecular flexibility index (Phi) is 4.26. The van der Waals surface area contributed by atoms with Gasteiger partial charge in [0.2, 0.25) is 0 Å². The van der Waals surface area contributed by atoms with Gasteiger partial charge in [0, 0.05) is 5.56 Å². The number of amides is 1. The van der Waals surface area contributed by atoms with E-state index in [1.54, 1.807) is 31.2 Å². The fourth-order valence-electron chi connectivity index (χ4n) is 1.51. The molecule has 98 valence electrons. The fraction of sp³-hybridized carbons (Fsp3) is 0.0769. The van der Waals surface area contributed by atoms with Crippen LogP contribution in [0.4, 0.5) is 5.69 Å². The third-order valence-electron chi connectivity index (χ3n) is 2.51. The summed E-state index contributed by atoms with van der Waals surface area (Å²) >= 11 is 7.74. The second-order valence-corrected chi connectivity index (χ2v) is 5.44. The van der Waals surface area contributed by atoms with Crippen LogP contribution in [0.5, 0.6) is 5.75 Å². The number of nitrogens with one attached hydrogen (secondary N) is 1. The van der Waals surface area contributed by atoms with Crippen LogP contribution in [0, 0.1) is 10.5 Å². The van der Waals surface area contributed by atoms with Gasteiger partial charge in [-0.2, -0.15) is 0 Å². The van der Waals surface area contributed by atoms with Crippen LogP contribution in [0.1, 0.15) is 16.1 Å². The molecule has 0 aliphatic carbocycles. The predicted octanol–water partition coefficient (Wildman–Crippen LogP) is 3.61. The van der Waals surface area contributed by atoms with Crippen molar-refractivity contribution in [2.45, 2.75) is 6.92 Å². The molecule has 0 radical (unpaired) electrons. The number of aromatic hydroxyl groups is 1. The summed E-state index contributed by atoms with van der Waals surface area (Å²) in [6.45, 7) is 1.76. The van der Waals surface area contributed by atoms with Crippen LogP contribution in [0.25, 0.3) is 0 Å². The van der Waals surface area contributed by atoms with Crippen molar-refractivity contribution >= 4 is 45.8 Å². The highest BCUT2D eigenvalue weighted by Gasteiger charge is 2.10. The number of nitrogens with zero attached hydrogens (tertiary/aromatic N) is 1. The molecule has 1 aromatic carbocycles. The van der Waals surface area contributed by atoms with Crippen LogP contribution in [0.15, 0.2) is 30.3 Å². The van der Waals surface area contributed by atoms with Crippen LogP contribution < -0.4 is 5.32 Å². The molecule has 1 aromatic heterocycles. The highest BCUT2D eigenvalue weighted by Crippen LogP contribution is 2.22. The number of aromatic nitrogens is 1. The number of phenols is 1. The van der Waals surface area contributed by atoms with Crippen molar-refractivity contribution in [3.63, 3.8) is 0 Å². The van der Waals surface area contributed by atoms with Gasteiger partial charge in [0.15, 0.2) is 0 Å². The molecule has 2 aromatic rings. The molecule has 0 atom stereocenters. The van der Waals surface area contributed by atoms with Crippen molar-refractivity contribution in [2.75, 3.05) is 5.32 Å². The Bertz CT molecular complexity index is 647. The first-order chi connectivity index (χ1) is 8.97. The van der Waals surface area contributed by atoms with Crippen LogP contribution in [0.2, 0.25) is 5.15 Å². The van der Waals surface area contributed by atoms with Gasteiger partial charge < -0.3 is 10.4 Å². The van der Waals surface area contributed by atoms with Gasteiger partial charge in [-0.3, -0.25) is 4.79 Å². The lowest BCUT2D eigenvalue weighted by atomic mass is 10.2. The molecule has 0 spiro atoms. The minimum absolute atomic E-state index is 0.0826. The molecule has 0 bridgehead atoms. The van der Waals surface area contributed by atoms with Crippen LogP contribution in [0.3, 0.4) is 0 Å². The maximum Gasteiger partial charge on any atom is 0.255 e. The number of rotatable bonds is 2. The van der Waals surface area contributed by atoms with Gasteiger partial charge in [0.05, 0.1) is 15.0 Å². The maximum atomic E-state index is 12.0. The highest BCUT2D eigenvalue weighted by atomic mass is 127. The summed E-state index contributed by atoms with van der Waals surface area (Å²) in [4.78, 5) is 16.1. The molecule has 6 heteroatoms. The van der Waals surface area contributed by atoms with Gasteiger partial charge in [-0.15, -0.1) is 0 Å². The summed E-state index contributed by atoms with van der Waals surface area (Å²) in [5.41, 5.74) is 1.61. The molecule has 0 fully saturated rings. The van der Waals surface area contributed by atoms with Crippen molar-refractivity contribution in [1.82, 2.24) is 4.98 Å². The zero-order valence-electron chi connectivity index (χ0n) is 9.95. The number of carbonyl (C=O) groups is 1. The first kappa shape index (κ1) is 14.1. The summed E-state index contributed by atoms with van der Waals surface area (Å²) < 4.78 is 0.693. The Morgan fingerprint density at radius 2 is 2.11 bits per heavy atom. The first-order valence-corrected chi connectivity index (χ1v) is 6.86. The standard InChI is InChI=1S/C13H10ClIN2O2/c1-7-10(4-5-12(14)16-7)17-13(19)8-2-3-9(15)11(18)6-8/h2-6,18H,1H3,(H,17,19). The molecule has 0 aliphatic heterocycles. The lowest BCUT2D eigenvalue weighted by Crippen LogP contribution is -2.13. The fourth-order valence-corrected chi connectivity index (χ4v) is 2.04. The number of benzene rings is 1. The number of hydrogen-bond acceptors (Lipinski definition) is 3. The monoisotopic (exact) mass is 388 g/mol. The van der Waals surface area contributed by atoms with Crippen molar-refractivity contribution in [1.29, 1.82) is 0 Å². The molecule has 0 saturated heterocycles. The molecule has 2 N–H and O–H groups in total. The quantitative estimate of drug-likeness (QED) is 0.610. The Morgan fingerprint density at radius 3 is 2.74 bits per heavy atom. The molecular formula is C13H10ClIN2O2. The summed E-state index contributed by atoms with van der Waals surface area (Å²) in [6, 6.07) is 8.05. The largest absolute Gasteiger partial charge is 0.507 e. The van der Waals surface area contributed by atoms with Crippen molar-refractivity contribution in [3.05, 3.63) is 50.3 Å². The van der Waals surface area contributed by atoms with E-state index in [-0.39, 0.29) is 11.7 Å². The zero-order chi connectivity index (χ0) is 14.0. The summed E-state index contributed by atoms with van der Waals surface area (Å²) in [7, 11) is 0. The van der Waals surface area contributed by atoms with Crippen molar-refractivity contribution in [2.24, 2.45) is 0 Å². The zero-order valence-corrected chi connectivity index (χ0v) is 12.9. The average Bonchev–Trinajstić information content (AvgIpc) is 2.36. The molecule has 0 unspecified atom stereocenters. The van der Waals surface area contributed by atoms with E-state index in [0.717, 1.165) is 0 Å². The smallest absolute Gasteiger partial charge is 0.255 e. The number of halogens is 2. The molecule has 0 aliphatic rings.